The van der Waals surface area contributed by atoms with Gasteiger partial charge in [0.15, 0.2) is 0 Å². The molecule has 1 aliphatic rings. The van der Waals surface area contributed by atoms with E-state index in [1.165, 1.54) is 37.9 Å². The molecule has 1 aliphatic heterocycles. The van der Waals surface area contributed by atoms with E-state index < -0.39 is 0 Å². The largest absolute Gasteiger partial charge is 0.377 e. The predicted molar refractivity (Wildman–Crippen MR) is 75.9 cm³/mol. The maximum atomic E-state index is 5.81. The van der Waals surface area contributed by atoms with Crippen molar-refractivity contribution in [3.63, 3.8) is 0 Å². The normalized spacial score (nSPS) is 20.4. The molecule has 1 aromatic rings. The standard InChI is InChI=1S/C16H25NO/c1-2-13-18-16-10-12-17(14-16)11-6-9-15-7-4-3-5-8-15/h3-5,7-8,16H,2,6,9-14H2,1H3. The van der Waals surface area contributed by atoms with Crippen LogP contribution in [0.5, 0.6) is 0 Å². The first kappa shape index (κ1) is 13.6. The van der Waals surface area contributed by atoms with Gasteiger partial charge < -0.3 is 9.64 Å². The second-order valence-corrected chi connectivity index (χ2v) is 5.17. The van der Waals surface area contributed by atoms with Crippen LogP contribution < -0.4 is 0 Å². The number of aryl methyl sites for hydroxylation is 1. The van der Waals surface area contributed by atoms with Crippen LogP contribution in [0.4, 0.5) is 0 Å². The third kappa shape index (κ3) is 4.43. The molecule has 0 saturated carbocycles. The highest BCUT2D eigenvalue weighted by atomic mass is 16.5. The first-order valence-electron chi connectivity index (χ1n) is 7.26. The number of hydrogen-bond donors (Lipinski definition) is 0. The molecular weight excluding hydrogens is 222 g/mol. The van der Waals surface area contributed by atoms with Gasteiger partial charge in [-0.1, -0.05) is 37.3 Å². The number of ether oxygens (including phenoxy) is 1. The lowest BCUT2D eigenvalue weighted by atomic mass is 10.1. The average molecular weight is 247 g/mol. The summed E-state index contributed by atoms with van der Waals surface area (Å²) in [6, 6.07) is 10.8. The molecule has 0 spiro atoms. The number of nitrogens with zero attached hydrogens (tertiary/aromatic N) is 1. The Kier molecular flexibility index (Phi) is 5.69. The second-order valence-electron chi connectivity index (χ2n) is 5.17. The highest BCUT2D eigenvalue weighted by Crippen LogP contribution is 2.14. The number of likely N-dealkylation sites (tertiary alicyclic amines) is 1. The molecule has 0 radical (unpaired) electrons. The summed E-state index contributed by atoms with van der Waals surface area (Å²) >= 11 is 0. The van der Waals surface area contributed by atoms with E-state index in [1.54, 1.807) is 0 Å². The zero-order valence-corrected chi connectivity index (χ0v) is 11.5. The minimum absolute atomic E-state index is 0.488. The molecule has 1 aromatic carbocycles. The molecular formula is C16H25NO. The van der Waals surface area contributed by atoms with Crippen molar-refractivity contribution in [3.05, 3.63) is 35.9 Å². The second kappa shape index (κ2) is 7.55. The van der Waals surface area contributed by atoms with Gasteiger partial charge in [-0.05, 0) is 37.8 Å². The van der Waals surface area contributed by atoms with Crippen LogP contribution in [-0.4, -0.2) is 37.2 Å². The SMILES string of the molecule is CCCOC1CCN(CCCc2ccccc2)C1. The summed E-state index contributed by atoms with van der Waals surface area (Å²) in [6.45, 7) is 6.65. The molecule has 100 valence electrons. The molecule has 2 rings (SSSR count). The van der Waals surface area contributed by atoms with Gasteiger partial charge in [0.05, 0.1) is 6.10 Å². The Hall–Kier alpha value is -0.860. The average Bonchev–Trinajstić information content (AvgIpc) is 2.85. The van der Waals surface area contributed by atoms with Crippen molar-refractivity contribution in [2.24, 2.45) is 0 Å². The minimum Gasteiger partial charge on any atom is -0.377 e. The molecule has 0 aromatic heterocycles. The molecule has 18 heavy (non-hydrogen) atoms. The number of hydrogen-bond acceptors (Lipinski definition) is 2. The van der Waals surface area contributed by atoms with Crippen LogP contribution in [0, 0.1) is 0 Å². The van der Waals surface area contributed by atoms with E-state index in [0.29, 0.717) is 6.10 Å². The zero-order chi connectivity index (χ0) is 12.6. The molecule has 2 nitrogen and oxygen atoms in total. The Balaban J connectivity index is 1.60. The first-order chi connectivity index (χ1) is 8.88. The molecule has 2 heteroatoms. The maximum absolute atomic E-state index is 5.81. The van der Waals surface area contributed by atoms with Crippen LogP contribution in [0.25, 0.3) is 0 Å². The van der Waals surface area contributed by atoms with Gasteiger partial charge >= 0.3 is 0 Å². The van der Waals surface area contributed by atoms with Crippen LogP contribution in [0.3, 0.4) is 0 Å². The molecule has 0 bridgehead atoms. The summed E-state index contributed by atoms with van der Waals surface area (Å²) in [5.74, 6) is 0. The van der Waals surface area contributed by atoms with Gasteiger partial charge in [0.2, 0.25) is 0 Å². The lowest BCUT2D eigenvalue weighted by Crippen LogP contribution is -2.24. The van der Waals surface area contributed by atoms with Crippen LogP contribution in [0.2, 0.25) is 0 Å². The fourth-order valence-electron chi connectivity index (χ4n) is 2.57. The van der Waals surface area contributed by atoms with Crippen molar-refractivity contribution in [3.8, 4) is 0 Å². The third-order valence-corrected chi connectivity index (χ3v) is 3.57. The summed E-state index contributed by atoms with van der Waals surface area (Å²) < 4.78 is 5.81. The molecule has 1 saturated heterocycles. The molecule has 1 fully saturated rings. The summed E-state index contributed by atoms with van der Waals surface area (Å²) in [6.07, 6.45) is 5.28. The molecule has 0 N–H and O–H groups in total. The van der Waals surface area contributed by atoms with Crippen molar-refractivity contribution in [2.45, 2.75) is 38.7 Å². The monoisotopic (exact) mass is 247 g/mol. The Morgan fingerprint density at radius 1 is 1.28 bits per heavy atom. The third-order valence-electron chi connectivity index (χ3n) is 3.57. The highest BCUT2D eigenvalue weighted by Gasteiger charge is 2.21. The van der Waals surface area contributed by atoms with Gasteiger partial charge in [0, 0.05) is 19.7 Å². The zero-order valence-electron chi connectivity index (χ0n) is 11.5. The first-order valence-corrected chi connectivity index (χ1v) is 7.26. The van der Waals surface area contributed by atoms with E-state index in [4.69, 9.17) is 4.74 Å². The van der Waals surface area contributed by atoms with E-state index in [0.717, 1.165) is 19.6 Å². The van der Waals surface area contributed by atoms with Gasteiger partial charge in [0.1, 0.15) is 0 Å². The van der Waals surface area contributed by atoms with E-state index in [2.05, 4.69) is 42.2 Å². The van der Waals surface area contributed by atoms with Gasteiger partial charge in [-0.25, -0.2) is 0 Å². The lowest BCUT2D eigenvalue weighted by Gasteiger charge is -2.16. The van der Waals surface area contributed by atoms with Crippen molar-refractivity contribution < 1.29 is 4.74 Å². The van der Waals surface area contributed by atoms with Crippen LogP contribution in [-0.2, 0) is 11.2 Å². The van der Waals surface area contributed by atoms with E-state index in [-0.39, 0.29) is 0 Å². The summed E-state index contributed by atoms with van der Waals surface area (Å²) in [7, 11) is 0. The maximum Gasteiger partial charge on any atom is 0.0714 e. The Bertz CT molecular complexity index is 325. The summed E-state index contributed by atoms with van der Waals surface area (Å²) in [5, 5.41) is 0. The summed E-state index contributed by atoms with van der Waals surface area (Å²) in [5.41, 5.74) is 1.45. The molecule has 1 unspecified atom stereocenters. The highest BCUT2D eigenvalue weighted by molar-refractivity contribution is 5.14. The smallest absolute Gasteiger partial charge is 0.0714 e. The topological polar surface area (TPSA) is 12.5 Å². The van der Waals surface area contributed by atoms with Crippen LogP contribution in [0.1, 0.15) is 31.7 Å². The quantitative estimate of drug-likeness (QED) is 0.734. The number of rotatable bonds is 7. The molecule has 1 heterocycles. The van der Waals surface area contributed by atoms with Crippen molar-refractivity contribution in [1.82, 2.24) is 4.90 Å². The van der Waals surface area contributed by atoms with E-state index in [1.807, 2.05) is 0 Å². The van der Waals surface area contributed by atoms with Crippen molar-refractivity contribution >= 4 is 0 Å². The summed E-state index contributed by atoms with van der Waals surface area (Å²) in [4.78, 5) is 2.54. The minimum atomic E-state index is 0.488. The Morgan fingerprint density at radius 2 is 2.11 bits per heavy atom. The van der Waals surface area contributed by atoms with Crippen LogP contribution >= 0.6 is 0 Å². The Labute approximate surface area is 111 Å². The molecule has 1 atom stereocenters. The van der Waals surface area contributed by atoms with Gasteiger partial charge in [-0.2, -0.15) is 0 Å². The predicted octanol–water partition coefficient (Wildman–Crippen LogP) is 3.12. The van der Waals surface area contributed by atoms with E-state index >= 15 is 0 Å². The fourth-order valence-corrected chi connectivity index (χ4v) is 2.57. The molecule has 0 amide bonds. The van der Waals surface area contributed by atoms with Gasteiger partial charge in [-0.15, -0.1) is 0 Å². The van der Waals surface area contributed by atoms with E-state index in [9.17, 15) is 0 Å². The van der Waals surface area contributed by atoms with Gasteiger partial charge in [0.25, 0.3) is 0 Å². The van der Waals surface area contributed by atoms with Crippen molar-refractivity contribution in [2.75, 3.05) is 26.2 Å². The lowest BCUT2D eigenvalue weighted by molar-refractivity contribution is 0.0595. The fraction of sp³-hybridized carbons (Fsp3) is 0.625. The molecule has 0 aliphatic carbocycles. The number of benzene rings is 1. The Morgan fingerprint density at radius 3 is 2.89 bits per heavy atom. The van der Waals surface area contributed by atoms with Gasteiger partial charge in [-0.3, -0.25) is 0 Å². The van der Waals surface area contributed by atoms with Crippen molar-refractivity contribution in [1.29, 1.82) is 0 Å². The van der Waals surface area contributed by atoms with Crippen LogP contribution in [0.15, 0.2) is 30.3 Å².